The normalized spacial score (nSPS) is 43.6. The number of guanidine groups is 1. The number of ether oxygens (including phenoxy) is 1. The topological polar surface area (TPSA) is 335 Å². The fourth-order valence-corrected chi connectivity index (χ4v) is 22.2. The SMILES string of the molecule is CC[C@H]1OC(=O)[C@@H](c2cc[nH]c2)[C@@H]1[C@H]1C#CC[C@H]2C[C@@]3(O)C4=C5N[C@H](CO)C(=O)C[C@@H](c6ccc(O)cc6)CSSC[C@@H]6[C@@H](O)[C@@H](O)C[C@@](C)([C@@H]6C5=O)[C@H]4CC[C@]3(CCN=C(N)N)[C@H]2[C@@](C)(O)[C@H](O)C[C@@H](C(O)O)[C@@H]2CC=C3CC[C@H](C)C[C@@H]3[C@@H]2C1. The lowest BCUT2D eigenvalue weighted by atomic mass is 9.43. The van der Waals surface area contributed by atoms with Gasteiger partial charge in [-0.1, -0.05) is 72.1 Å². The Balaban J connectivity index is 1.10. The van der Waals surface area contributed by atoms with E-state index in [1.165, 1.54) is 27.2 Å². The van der Waals surface area contributed by atoms with Crippen LogP contribution in [0.3, 0.4) is 0 Å². The number of hydrogen-bond acceptors (Lipinski definition) is 17. The van der Waals surface area contributed by atoms with E-state index in [2.05, 4.69) is 40.1 Å². The number of aromatic hydroxyl groups is 1. The minimum Gasteiger partial charge on any atom is -0.508 e. The summed E-state index contributed by atoms with van der Waals surface area (Å²) in [5.74, 6) is -0.419. The van der Waals surface area contributed by atoms with Gasteiger partial charge in [-0.25, -0.2) is 0 Å². The number of phenols is 1. The molecular weight excluding hydrogens is 1130 g/mol. The Morgan fingerprint density at radius 3 is 2.41 bits per heavy atom. The number of nitrogens with one attached hydrogen (secondary N) is 2. The highest BCUT2D eigenvalue weighted by Crippen LogP contribution is 2.73. The van der Waals surface area contributed by atoms with Crippen LogP contribution in [0.15, 0.2) is 70.6 Å². The summed E-state index contributed by atoms with van der Waals surface area (Å²) in [5, 5.41) is 114. The third-order valence-electron chi connectivity index (χ3n) is 23.4. The summed E-state index contributed by atoms with van der Waals surface area (Å²) in [4.78, 5) is 53.0. The van der Waals surface area contributed by atoms with E-state index in [9.17, 15) is 55.5 Å². The quantitative estimate of drug-likeness (QED) is 0.0288. The second-order valence-corrected chi connectivity index (χ2v) is 30.5. The number of ketones is 2. The van der Waals surface area contributed by atoms with Gasteiger partial charge in [0, 0.05) is 90.1 Å². The first kappa shape index (κ1) is 63.2. The summed E-state index contributed by atoms with van der Waals surface area (Å²) in [6, 6.07) is 7.15. The minimum absolute atomic E-state index is 0.00176. The number of aromatic nitrogens is 1. The van der Waals surface area contributed by atoms with E-state index in [1.54, 1.807) is 37.4 Å². The van der Waals surface area contributed by atoms with Crippen molar-refractivity contribution in [3.05, 3.63) is 76.8 Å². The maximum Gasteiger partial charge on any atom is 0.314 e. The molecule has 0 radical (unpaired) electrons. The molecule has 0 amide bonds. The van der Waals surface area contributed by atoms with E-state index in [4.69, 9.17) is 16.2 Å². The third kappa shape index (κ3) is 11.0. The molecule has 2 saturated heterocycles. The van der Waals surface area contributed by atoms with Crippen molar-refractivity contribution < 1.29 is 65.1 Å². The van der Waals surface area contributed by atoms with Crippen LogP contribution in [-0.4, -0.2) is 147 Å². The van der Waals surface area contributed by atoms with Crippen LogP contribution in [-0.2, 0) is 19.1 Å². The highest BCUT2D eigenvalue weighted by Gasteiger charge is 2.75. The molecule has 1 aromatic heterocycles. The van der Waals surface area contributed by atoms with Gasteiger partial charge >= 0.3 is 5.97 Å². The molecule has 11 rings (SSSR count). The Bertz CT molecular complexity index is 3000. The van der Waals surface area contributed by atoms with Crippen molar-refractivity contribution >= 4 is 45.1 Å². The Morgan fingerprint density at radius 1 is 0.953 bits per heavy atom. The van der Waals surface area contributed by atoms with Crippen molar-refractivity contribution in [1.29, 1.82) is 0 Å². The van der Waals surface area contributed by atoms with Crippen LogP contribution in [0.4, 0.5) is 0 Å². The molecule has 4 saturated carbocycles. The number of hydrogen-bond donors (Lipinski definition) is 13. The van der Waals surface area contributed by atoms with E-state index in [0.29, 0.717) is 30.9 Å². The van der Waals surface area contributed by atoms with Crippen molar-refractivity contribution in [2.45, 2.75) is 177 Å². The summed E-state index contributed by atoms with van der Waals surface area (Å²) in [6.45, 7) is 6.98. The molecule has 2 aliphatic heterocycles. The molecule has 2 aromatic rings. The highest BCUT2D eigenvalue weighted by molar-refractivity contribution is 8.76. The number of allylic oxidation sites excluding steroid dienone is 3. The van der Waals surface area contributed by atoms with Crippen molar-refractivity contribution in [1.82, 2.24) is 10.3 Å². The second kappa shape index (κ2) is 24.8. The minimum atomic E-state index is -2.11. The van der Waals surface area contributed by atoms with Gasteiger partial charge < -0.3 is 72.5 Å². The van der Waals surface area contributed by atoms with Gasteiger partial charge in [-0.2, -0.15) is 0 Å². The lowest BCUT2D eigenvalue weighted by Crippen LogP contribution is -2.67. The van der Waals surface area contributed by atoms with Gasteiger partial charge in [-0.3, -0.25) is 19.4 Å². The molecule has 7 aliphatic carbocycles. The molecule has 9 aliphatic rings. The summed E-state index contributed by atoms with van der Waals surface area (Å²) in [6.07, 6.45) is 3.77. The monoisotopic (exact) mass is 1230 g/mol. The number of aromatic amines is 1. The summed E-state index contributed by atoms with van der Waals surface area (Å²) in [7, 11) is 2.93. The van der Waals surface area contributed by atoms with E-state index < -0.39 is 142 Å². The van der Waals surface area contributed by atoms with Gasteiger partial charge in [-0.05, 0) is 160 Å². The molecule has 15 N–H and O–H groups in total. The van der Waals surface area contributed by atoms with Crippen LogP contribution < -0.4 is 16.8 Å². The number of cyclic esters (lactones) is 1. The van der Waals surface area contributed by atoms with E-state index in [-0.39, 0.29) is 104 Å². The fraction of sp³-hybridized carbons (Fsp3) is 0.697. The number of rotatable bonds is 9. The molecule has 470 valence electrons. The predicted octanol–water partition coefficient (Wildman–Crippen LogP) is 5.31. The molecule has 2 bridgehead atoms. The Kier molecular flexibility index (Phi) is 18.2. The van der Waals surface area contributed by atoms with E-state index in [0.717, 1.165) is 30.4 Å². The first-order valence-corrected chi connectivity index (χ1v) is 34.1. The Morgan fingerprint density at radius 2 is 1.71 bits per heavy atom. The average Bonchev–Trinajstić information content (AvgIpc) is 1.34. The number of fused-ring (bicyclic) bond motifs is 10. The molecule has 86 heavy (non-hydrogen) atoms. The van der Waals surface area contributed by atoms with Crippen molar-refractivity contribution in [3.63, 3.8) is 0 Å². The predicted molar refractivity (Wildman–Crippen MR) is 327 cm³/mol. The number of H-pyrrole nitrogens is 1. The molecule has 0 unspecified atom stereocenters. The number of nitrogens with two attached hydrogens (primary N) is 2. The maximum absolute atomic E-state index is 16.2. The lowest BCUT2D eigenvalue weighted by Gasteiger charge is -2.63. The molecule has 0 spiro atoms. The van der Waals surface area contributed by atoms with Crippen LogP contribution in [0, 0.1) is 93.7 Å². The van der Waals surface area contributed by atoms with Crippen LogP contribution in [0.5, 0.6) is 5.75 Å². The van der Waals surface area contributed by atoms with Gasteiger partial charge in [0.05, 0.1) is 47.7 Å². The number of carbonyl (C=O) groups is 3. The first-order chi connectivity index (χ1) is 41.0. The number of benzene rings is 1. The molecular formula is C66H91N5O13S2. The largest absolute Gasteiger partial charge is 0.508 e. The van der Waals surface area contributed by atoms with Gasteiger partial charge in [-0.15, -0.1) is 5.92 Å². The number of nitrogens with zero attached hydrogens (tertiary/aromatic N) is 1. The van der Waals surface area contributed by atoms with Crippen LogP contribution in [0.1, 0.15) is 141 Å². The number of aliphatic hydroxyl groups excluding tert-OH is 5. The number of aliphatic imine (C=N–C) groups is 1. The summed E-state index contributed by atoms with van der Waals surface area (Å²) >= 11 is 0. The van der Waals surface area contributed by atoms with Gasteiger partial charge in [0.1, 0.15) is 17.9 Å². The zero-order chi connectivity index (χ0) is 61.4. The molecule has 6 fully saturated rings. The van der Waals surface area contributed by atoms with Crippen LogP contribution >= 0.6 is 21.6 Å². The lowest BCUT2D eigenvalue weighted by molar-refractivity contribution is -0.200. The summed E-state index contributed by atoms with van der Waals surface area (Å²) in [5.41, 5.74) is 8.48. The van der Waals surface area contributed by atoms with Gasteiger partial charge in [0.2, 0.25) is 0 Å². The van der Waals surface area contributed by atoms with Crippen molar-refractivity contribution in [2.75, 3.05) is 24.7 Å². The fourth-order valence-electron chi connectivity index (χ4n) is 19.5. The molecule has 1 aromatic carbocycles. The first-order valence-electron chi connectivity index (χ1n) is 31.6. The average molecular weight is 1230 g/mol. The number of carbonyl (C=O) groups excluding carboxylic acids is 3. The third-order valence-corrected chi connectivity index (χ3v) is 25.9. The zero-order valence-corrected chi connectivity index (χ0v) is 51.6. The smallest absolute Gasteiger partial charge is 0.314 e. The van der Waals surface area contributed by atoms with E-state index >= 15 is 4.79 Å². The van der Waals surface area contributed by atoms with Crippen LogP contribution in [0.2, 0.25) is 0 Å². The van der Waals surface area contributed by atoms with E-state index in [1.807, 2.05) is 26.1 Å². The number of aliphatic hydroxyl groups is 8. The second-order valence-electron chi connectivity index (χ2n) is 27.9. The Labute approximate surface area is 512 Å². The zero-order valence-electron chi connectivity index (χ0n) is 50.0. The number of phenolic OH excluding ortho intramolecular Hbond substituents is 1. The van der Waals surface area contributed by atoms with Crippen molar-refractivity contribution in [3.8, 4) is 17.6 Å². The summed E-state index contributed by atoms with van der Waals surface area (Å²) < 4.78 is 6.27. The maximum atomic E-state index is 16.2. The van der Waals surface area contributed by atoms with Crippen LogP contribution in [0.25, 0.3) is 0 Å². The molecule has 18 nitrogen and oxygen atoms in total. The number of esters is 1. The highest BCUT2D eigenvalue weighted by atomic mass is 33.1. The number of Topliss-reactive ketones (excluding diaryl/α,β-unsaturated/α-hetero) is 2. The molecule has 3 heterocycles. The standard InChI is InChI=1S/C66H91N5O13S2/c1-5-50-52(53(61(81)84-50)38-18-21-69-29-38)36-7-6-8-37-27-66(83)55-46(63(3)28-49(75)57(77)45-32-86-85-31-39(34-11-14-40(73)15-12-34)25-48(74)47(30-72)71-56(55)58(78)54(45)63)17-19-65(66,20-22-70-62(67)68)59(37)64(4,82)51(76)26-44(60(79)80)41-16-13-35-10-9-33(2)23-42(35)43(41)24-36/h11-15,18,21,29,33,36-37,39,41-47,49-54,57,59-60,69,71-73,75-77,79-80,82-83H,5,8-10,16-17,19-20,22-28,30-32H2,1-4H3,(H4,67,68,70)/t33-,36-,37-,39+,41+,42-,43+,44+,45-,46-,47+,49-,50+,51+,52+,53-,54-,57+,59+,63+,64-,65-,66+/m0/s1. The van der Waals surface area contributed by atoms with Gasteiger partial charge in [0.15, 0.2) is 23.8 Å². The Hall–Kier alpha value is -4.40. The van der Waals surface area contributed by atoms with Gasteiger partial charge in [0.25, 0.3) is 0 Å². The van der Waals surface area contributed by atoms with Crippen molar-refractivity contribution in [2.24, 2.45) is 98.3 Å². The molecule has 23 atom stereocenters. The molecule has 20 heteroatoms.